The molecule has 0 unspecified atom stereocenters. The van der Waals surface area contributed by atoms with Gasteiger partial charge in [0.05, 0.1) is 23.3 Å². The van der Waals surface area contributed by atoms with Crippen LogP contribution in [0.2, 0.25) is 5.02 Å². The number of nitrogens with zero attached hydrogens (tertiary/aromatic N) is 2. The molecule has 8 heteroatoms. The summed E-state index contributed by atoms with van der Waals surface area (Å²) in [5.41, 5.74) is 2.95. The Morgan fingerprint density at radius 1 is 0.939 bits per heavy atom. The molecule has 0 spiro atoms. The van der Waals surface area contributed by atoms with E-state index >= 15 is 0 Å². The highest BCUT2D eigenvalue weighted by molar-refractivity contribution is 6.31. The highest BCUT2D eigenvalue weighted by atomic mass is 35.5. The van der Waals surface area contributed by atoms with Crippen molar-refractivity contribution in [2.24, 2.45) is 0 Å². The average molecular weight is 468 g/mol. The normalized spacial score (nSPS) is 14.9. The second-order valence-corrected chi connectivity index (χ2v) is 8.13. The number of aromatic nitrogens is 1. The van der Waals surface area contributed by atoms with Crippen molar-refractivity contribution in [1.82, 2.24) is 9.47 Å². The van der Waals surface area contributed by atoms with Gasteiger partial charge in [0.25, 0.3) is 0 Å². The number of carbonyl (C=O) groups is 1. The Morgan fingerprint density at radius 3 is 2.45 bits per heavy atom. The van der Waals surface area contributed by atoms with Crippen LogP contribution in [-0.2, 0) is 6.54 Å². The van der Waals surface area contributed by atoms with Crippen molar-refractivity contribution in [3.05, 3.63) is 118 Å². The van der Waals surface area contributed by atoms with Crippen molar-refractivity contribution < 1.29 is 18.0 Å². The number of benzene rings is 3. The van der Waals surface area contributed by atoms with Gasteiger partial charge in [0.2, 0.25) is 0 Å². The van der Waals surface area contributed by atoms with Gasteiger partial charge in [-0.1, -0.05) is 29.8 Å². The lowest BCUT2D eigenvalue weighted by molar-refractivity contribution is 0.194. The smallest absolute Gasteiger partial charge is 0.318 e. The minimum absolute atomic E-state index is 0.133. The minimum Gasteiger partial charge on any atom is -0.318 e. The van der Waals surface area contributed by atoms with E-state index < -0.39 is 29.5 Å². The Hall–Kier alpha value is -3.71. The molecule has 5 rings (SSSR count). The minimum atomic E-state index is -0.798. The van der Waals surface area contributed by atoms with E-state index in [1.54, 1.807) is 0 Å². The summed E-state index contributed by atoms with van der Waals surface area (Å²) >= 11 is 5.86. The fourth-order valence-corrected chi connectivity index (χ4v) is 4.37. The van der Waals surface area contributed by atoms with Gasteiger partial charge >= 0.3 is 6.03 Å². The molecule has 166 valence electrons. The highest BCUT2D eigenvalue weighted by Gasteiger charge is 2.33. The van der Waals surface area contributed by atoms with Crippen molar-refractivity contribution in [1.29, 1.82) is 0 Å². The summed E-state index contributed by atoms with van der Waals surface area (Å²) in [5, 5.41) is 2.60. The number of nitrogens with one attached hydrogen (secondary N) is 1. The Morgan fingerprint density at radius 2 is 1.70 bits per heavy atom. The van der Waals surface area contributed by atoms with E-state index in [2.05, 4.69) is 5.32 Å². The summed E-state index contributed by atoms with van der Waals surface area (Å²) in [6, 6.07) is 16.9. The van der Waals surface area contributed by atoms with Crippen LogP contribution in [0.25, 0.3) is 5.69 Å². The summed E-state index contributed by atoms with van der Waals surface area (Å²) in [5.74, 6) is -2.09. The number of anilines is 1. The maximum Gasteiger partial charge on any atom is 0.322 e. The van der Waals surface area contributed by atoms with Crippen LogP contribution in [0.5, 0.6) is 0 Å². The van der Waals surface area contributed by atoms with Gasteiger partial charge < -0.3 is 14.8 Å². The molecular formula is C25H17ClF3N3O. The molecule has 2 amide bonds. The first-order chi connectivity index (χ1) is 15.9. The van der Waals surface area contributed by atoms with Crippen LogP contribution in [0.3, 0.4) is 0 Å². The van der Waals surface area contributed by atoms with Crippen LogP contribution < -0.4 is 5.32 Å². The number of urea groups is 1. The first-order valence-electron chi connectivity index (χ1n) is 10.1. The van der Waals surface area contributed by atoms with Gasteiger partial charge in [-0.2, -0.15) is 0 Å². The van der Waals surface area contributed by atoms with Crippen molar-refractivity contribution in [3.8, 4) is 5.69 Å². The molecule has 0 radical (unpaired) electrons. The molecule has 2 heterocycles. The van der Waals surface area contributed by atoms with Crippen molar-refractivity contribution >= 4 is 23.3 Å². The van der Waals surface area contributed by atoms with E-state index in [0.717, 1.165) is 23.4 Å². The third-order valence-corrected chi connectivity index (χ3v) is 5.89. The SMILES string of the molecule is O=C(Nc1ccc(F)c(Cl)c1)N1Cc2ccccc2-n2cccc2[C@@H]1c1cc(F)cc(F)c1. The van der Waals surface area contributed by atoms with E-state index in [1.807, 2.05) is 47.2 Å². The number of amides is 2. The van der Waals surface area contributed by atoms with E-state index in [1.165, 1.54) is 29.2 Å². The monoisotopic (exact) mass is 467 g/mol. The van der Waals surface area contributed by atoms with Crippen LogP contribution in [0.15, 0.2) is 79.0 Å². The van der Waals surface area contributed by atoms with Gasteiger partial charge in [-0.15, -0.1) is 0 Å². The van der Waals surface area contributed by atoms with Crippen molar-refractivity contribution in [2.75, 3.05) is 5.32 Å². The molecule has 33 heavy (non-hydrogen) atoms. The molecule has 0 saturated heterocycles. The second kappa shape index (κ2) is 8.33. The molecular weight excluding hydrogens is 451 g/mol. The van der Waals surface area contributed by atoms with Crippen molar-refractivity contribution in [2.45, 2.75) is 12.6 Å². The number of para-hydroxylation sites is 1. The number of halogens is 4. The number of hydrogen-bond donors (Lipinski definition) is 1. The number of fused-ring (bicyclic) bond motifs is 3. The lowest BCUT2D eigenvalue weighted by atomic mass is 10.0. The summed E-state index contributed by atoms with van der Waals surface area (Å²) in [7, 11) is 0. The molecule has 1 aliphatic heterocycles. The zero-order valence-electron chi connectivity index (χ0n) is 17.1. The van der Waals surface area contributed by atoms with Crippen LogP contribution >= 0.6 is 11.6 Å². The lowest BCUT2D eigenvalue weighted by Crippen LogP contribution is -2.38. The molecule has 1 N–H and O–H groups in total. The van der Waals surface area contributed by atoms with Gasteiger partial charge in [-0.05, 0) is 59.7 Å². The average Bonchev–Trinajstić information content (AvgIpc) is 3.19. The van der Waals surface area contributed by atoms with Gasteiger partial charge in [0, 0.05) is 23.6 Å². The molecule has 0 saturated carbocycles. The Bertz CT molecular complexity index is 1350. The largest absolute Gasteiger partial charge is 0.322 e. The van der Waals surface area contributed by atoms with Gasteiger partial charge in [0.15, 0.2) is 0 Å². The standard InChI is InChI=1S/C25H17ClF3N3O/c26-20-13-19(7-8-21(20)29)30-25(33)32-14-15-4-1-2-5-22(15)31-9-3-6-23(31)24(32)16-10-17(27)12-18(28)11-16/h1-13,24H,14H2,(H,30,33)/t24-/m0/s1. The van der Waals surface area contributed by atoms with Crippen LogP contribution in [0.4, 0.5) is 23.7 Å². The maximum atomic E-state index is 14.2. The van der Waals surface area contributed by atoms with Crippen molar-refractivity contribution in [3.63, 3.8) is 0 Å². The van der Waals surface area contributed by atoms with E-state index in [0.29, 0.717) is 11.4 Å². The lowest BCUT2D eigenvalue weighted by Gasteiger charge is -2.31. The summed E-state index contributed by atoms with van der Waals surface area (Å²) in [6.45, 7) is 0.168. The topological polar surface area (TPSA) is 37.3 Å². The molecule has 1 aromatic heterocycles. The second-order valence-electron chi connectivity index (χ2n) is 7.72. The van der Waals surface area contributed by atoms with E-state index in [9.17, 15) is 18.0 Å². The Balaban J connectivity index is 1.64. The third kappa shape index (κ3) is 3.96. The molecule has 0 fully saturated rings. The van der Waals surface area contributed by atoms with Gasteiger partial charge in [0.1, 0.15) is 17.5 Å². The summed E-state index contributed by atoms with van der Waals surface area (Å²) in [6.07, 6.45) is 1.85. The van der Waals surface area contributed by atoms with E-state index in [4.69, 9.17) is 11.6 Å². The first kappa shape index (κ1) is 21.2. The van der Waals surface area contributed by atoms with Gasteiger partial charge in [-0.3, -0.25) is 0 Å². The molecule has 0 bridgehead atoms. The molecule has 1 aliphatic rings. The van der Waals surface area contributed by atoms with Crippen LogP contribution in [0, 0.1) is 17.5 Å². The van der Waals surface area contributed by atoms with Gasteiger partial charge in [-0.25, -0.2) is 18.0 Å². The maximum absolute atomic E-state index is 14.2. The molecule has 3 aromatic carbocycles. The predicted molar refractivity (Wildman–Crippen MR) is 120 cm³/mol. The molecule has 0 aliphatic carbocycles. The van der Waals surface area contributed by atoms with E-state index in [-0.39, 0.29) is 17.1 Å². The zero-order chi connectivity index (χ0) is 23.1. The Labute approximate surface area is 192 Å². The first-order valence-corrected chi connectivity index (χ1v) is 10.5. The number of carbonyl (C=O) groups excluding carboxylic acids is 1. The highest BCUT2D eigenvalue weighted by Crippen LogP contribution is 2.37. The molecule has 4 aromatic rings. The molecule has 1 atom stereocenters. The summed E-state index contributed by atoms with van der Waals surface area (Å²) < 4.78 is 43.9. The third-order valence-electron chi connectivity index (χ3n) is 5.60. The fourth-order valence-electron chi connectivity index (χ4n) is 4.19. The predicted octanol–water partition coefficient (Wildman–Crippen LogP) is 6.69. The Kier molecular flexibility index (Phi) is 5.34. The number of rotatable bonds is 2. The zero-order valence-corrected chi connectivity index (χ0v) is 17.9. The quantitative estimate of drug-likeness (QED) is 0.350. The summed E-state index contributed by atoms with van der Waals surface area (Å²) in [4.78, 5) is 15.0. The molecule has 4 nitrogen and oxygen atoms in total. The fraction of sp³-hybridized carbons (Fsp3) is 0.0800. The van der Waals surface area contributed by atoms with Crippen LogP contribution in [-0.4, -0.2) is 15.5 Å². The van der Waals surface area contributed by atoms with Crippen LogP contribution in [0.1, 0.15) is 22.9 Å². The number of hydrogen-bond acceptors (Lipinski definition) is 1.